The van der Waals surface area contributed by atoms with E-state index in [1.807, 2.05) is 30.3 Å². The van der Waals surface area contributed by atoms with Crippen molar-refractivity contribution in [1.29, 1.82) is 0 Å². The van der Waals surface area contributed by atoms with E-state index in [4.69, 9.17) is 5.73 Å². The molecule has 1 unspecified atom stereocenters. The molecular formula is C20H25F2N3O. The number of hydrogen-bond donors (Lipinski definition) is 1. The number of primary amides is 1. The van der Waals surface area contributed by atoms with Crippen LogP contribution in [-0.4, -0.2) is 41.3 Å². The van der Waals surface area contributed by atoms with Gasteiger partial charge < -0.3 is 5.73 Å². The van der Waals surface area contributed by atoms with Crippen LogP contribution in [0.1, 0.15) is 31.2 Å². The second-order valence-corrected chi connectivity index (χ2v) is 6.89. The Bertz CT molecular complexity index is 698. The second-order valence-electron chi connectivity index (χ2n) is 6.89. The number of amides is 2. The molecule has 1 saturated heterocycles. The van der Waals surface area contributed by atoms with Crippen LogP contribution in [0.25, 0.3) is 0 Å². The molecule has 3 rings (SSSR count). The lowest BCUT2D eigenvalue weighted by Crippen LogP contribution is -2.48. The molecule has 1 aliphatic heterocycles. The van der Waals surface area contributed by atoms with Gasteiger partial charge in [0.2, 0.25) is 0 Å². The molecule has 2 N–H and O–H groups in total. The van der Waals surface area contributed by atoms with Gasteiger partial charge in [-0.3, -0.25) is 9.80 Å². The highest BCUT2D eigenvalue weighted by atomic mass is 19.2. The number of carbonyl (C=O) groups is 1. The minimum absolute atomic E-state index is 0.0683. The van der Waals surface area contributed by atoms with Gasteiger partial charge in [0.1, 0.15) is 5.83 Å². The molecule has 0 spiro atoms. The normalized spacial score (nSPS) is 23.9. The van der Waals surface area contributed by atoms with Crippen LogP contribution in [0.4, 0.5) is 13.6 Å². The van der Waals surface area contributed by atoms with Crippen molar-refractivity contribution in [2.75, 3.05) is 19.6 Å². The van der Waals surface area contributed by atoms with Crippen molar-refractivity contribution < 1.29 is 13.6 Å². The van der Waals surface area contributed by atoms with Crippen LogP contribution < -0.4 is 5.73 Å². The lowest BCUT2D eigenvalue weighted by Gasteiger charge is -2.40. The van der Waals surface area contributed by atoms with E-state index < -0.39 is 17.7 Å². The van der Waals surface area contributed by atoms with Crippen LogP contribution in [0.3, 0.4) is 0 Å². The summed E-state index contributed by atoms with van der Waals surface area (Å²) in [6.07, 6.45) is 5.81. The van der Waals surface area contributed by atoms with Gasteiger partial charge in [0.25, 0.3) is 0 Å². The number of halogens is 2. The van der Waals surface area contributed by atoms with E-state index in [2.05, 4.69) is 0 Å². The summed E-state index contributed by atoms with van der Waals surface area (Å²) >= 11 is 0. The molecule has 1 heterocycles. The molecule has 0 radical (unpaired) electrons. The minimum Gasteiger partial charge on any atom is -0.351 e. The molecule has 140 valence electrons. The van der Waals surface area contributed by atoms with Crippen molar-refractivity contribution >= 4 is 6.03 Å². The third kappa shape index (κ3) is 4.12. The minimum atomic E-state index is -1.82. The number of allylic oxidation sites excluding steroid dienone is 1. The summed E-state index contributed by atoms with van der Waals surface area (Å²) in [6, 6.07) is 8.84. The number of alkyl halides is 1. The van der Waals surface area contributed by atoms with Crippen molar-refractivity contribution in [3.05, 3.63) is 59.6 Å². The van der Waals surface area contributed by atoms with Crippen molar-refractivity contribution in [1.82, 2.24) is 9.80 Å². The Labute approximate surface area is 153 Å². The first-order valence-electron chi connectivity index (χ1n) is 9.12. The fourth-order valence-corrected chi connectivity index (χ4v) is 3.62. The molecule has 2 amide bonds. The number of urea groups is 1. The van der Waals surface area contributed by atoms with Crippen LogP contribution in [0.2, 0.25) is 0 Å². The SMILES string of the molecule is NC(=O)N(CCc1ccccc1)C1=C(F)CC(F)(N2CCCCC2)C=C1. The van der Waals surface area contributed by atoms with Gasteiger partial charge in [-0.05, 0) is 37.0 Å². The first-order valence-corrected chi connectivity index (χ1v) is 9.12. The van der Waals surface area contributed by atoms with Gasteiger partial charge in [0, 0.05) is 19.6 Å². The molecule has 1 aromatic rings. The molecule has 0 aromatic heterocycles. The van der Waals surface area contributed by atoms with Crippen LogP contribution >= 0.6 is 0 Å². The fourth-order valence-electron chi connectivity index (χ4n) is 3.62. The third-order valence-electron chi connectivity index (χ3n) is 5.08. The Hall–Kier alpha value is -2.21. The monoisotopic (exact) mass is 361 g/mol. The number of nitrogens with two attached hydrogens (primary N) is 1. The molecule has 1 aliphatic carbocycles. The lowest BCUT2D eigenvalue weighted by molar-refractivity contribution is -0.0105. The average molecular weight is 361 g/mol. The van der Waals surface area contributed by atoms with Gasteiger partial charge in [-0.25, -0.2) is 13.6 Å². The van der Waals surface area contributed by atoms with Gasteiger partial charge >= 0.3 is 6.03 Å². The van der Waals surface area contributed by atoms with Gasteiger partial charge in [0.05, 0.1) is 12.1 Å². The summed E-state index contributed by atoms with van der Waals surface area (Å²) in [5.74, 6) is -2.45. The summed E-state index contributed by atoms with van der Waals surface area (Å²) in [7, 11) is 0. The number of likely N-dealkylation sites (tertiary alicyclic amines) is 1. The number of hydrogen-bond acceptors (Lipinski definition) is 2. The van der Waals surface area contributed by atoms with Crippen LogP contribution in [0.15, 0.2) is 54.0 Å². The van der Waals surface area contributed by atoms with E-state index in [-0.39, 0.29) is 18.7 Å². The van der Waals surface area contributed by atoms with Crippen LogP contribution in [-0.2, 0) is 6.42 Å². The first-order chi connectivity index (χ1) is 12.5. The summed E-state index contributed by atoms with van der Waals surface area (Å²) in [4.78, 5) is 14.7. The Kier molecular flexibility index (Phi) is 5.71. The molecule has 1 aromatic carbocycles. The van der Waals surface area contributed by atoms with Gasteiger partial charge in [0.15, 0.2) is 5.79 Å². The van der Waals surface area contributed by atoms with Crippen molar-refractivity contribution in [3.8, 4) is 0 Å². The maximum absolute atomic E-state index is 15.2. The first kappa shape index (κ1) is 18.6. The largest absolute Gasteiger partial charge is 0.351 e. The zero-order valence-electron chi connectivity index (χ0n) is 14.8. The molecule has 1 fully saturated rings. The average Bonchev–Trinajstić information content (AvgIpc) is 2.65. The highest BCUT2D eigenvalue weighted by Gasteiger charge is 2.40. The van der Waals surface area contributed by atoms with E-state index in [9.17, 15) is 9.18 Å². The number of nitrogens with zero attached hydrogens (tertiary/aromatic N) is 2. The van der Waals surface area contributed by atoms with E-state index >= 15 is 4.39 Å². The molecule has 1 atom stereocenters. The van der Waals surface area contributed by atoms with Gasteiger partial charge in [-0.1, -0.05) is 36.8 Å². The van der Waals surface area contributed by atoms with Crippen molar-refractivity contribution in [2.45, 2.75) is 37.9 Å². The zero-order valence-corrected chi connectivity index (χ0v) is 14.8. The number of piperidine rings is 1. The Morgan fingerprint density at radius 2 is 1.88 bits per heavy atom. The molecule has 0 bridgehead atoms. The van der Waals surface area contributed by atoms with E-state index in [0.29, 0.717) is 19.5 Å². The summed E-state index contributed by atoms with van der Waals surface area (Å²) in [5, 5.41) is 0. The summed E-state index contributed by atoms with van der Waals surface area (Å²) in [5.41, 5.74) is 6.54. The van der Waals surface area contributed by atoms with E-state index in [1.54, 1.807) is 4.90 Å². The van der Waals surface area contributed by atoms with Crippen LogP contribution in [0, 0.1) is 0 Å². The second kappa shape index (κ2) is 7.99. The fraction of sp³-hybridized carbons (Fsp3) is 0.450. The van der Waals surface area contributed by atoms with Crippen molar-refractivity contribution in [2.24, 2.45) is 5.73 Å². The highest BCUT2D eigenvalue weighted by Crippen LogP contribution is 2.36. The Balaban J connectivity index is 1.72. The Morgan fingerprint density at radius 3 is 2.50 bits per heavy atom. The maximum atomic E-state index is 15.2. The smallest absolute Gasteiger partial charge is 0.319 e. The maximum Gasteiger partial charge on any atom is 0.319 e. The number of benzene rings is 1. The quantitative estimate of drug-likeness (QED) is 0.809. The predicted octanol–water partition coefficient (Wildman–Crippen LogP) is 3.90. The molecule has 26 heavy (non-hydrogen) atoms. The van der Waals surface area contributed by atoms with E-state index in [1.165, 1.54) is 17.1 Å². The number of rotatable bonds is 5. The van der Waals surface area contributed by atoms with E-state index in [0.717, 1.165) is 24.8 Å². The summed E-state index contributed by atoms with van der Waals surface area (Å²) in [6.45, 7) is 1.49. The standard InChI is InChI=1S/C20H25F2N3O/c21-17-15-20(22,24-12-5-2-6-13-24)11-9-18(17)25(19(23)26)14-10-16-7-3-1-4-8-16/h1,3-4,7-9,11H,2,5-6,10,12-15H2,(H2,23,26). The lowest BCUT2D eigenvalue weighted by atomic mass is 9.98. The predicted molar refractivity (Wildman–Crippen MR) is 97.6 cm³/mol. The zero-order chi connectivity index (χ0) is 18.6. The summed E-state index contributed by atoms with van der Waals surface area (Å²) < 4.78 is 30.0. The van der Waals surface area contributed by atoms with Crippen molar-refractivity contribution in [3.63, 3.8) is 0 Å². The van der Waals surface area contributed by atoms with Gasteiger partial charge in [-0.2, -0.15) is 0 Å². The Morgan fingerprint density at radius 1 is 1.19 bits per heavy atom. The topological polar surface area (TPSA) is 49.6 Å². The van der Waals surface area contributed by atoms with Crippen LogP contribution in [0.5, 0.6) is 0 Å². The molecule has 6 heteroatoms. The third-order valence-corrected chi connectivity index (χ3v) is 5.08. The van der Waals surface area contributed by atoms with Gasteiger partial charge in [-0.15, -0.1) is 0 Å². The number of carbonyl (C=O) groups excluding carboxylic acids is 1. The molecular weight excluding hydrogens is 336 g/mol. The molecule has 0 saturated carbocycles. The highest BCUT2D eigenvalue weighted by molar-refractivity contribution is 5.75. The molecule has 4 nitrogen and oxygen atoms in total. The molecule has 2 aliphatic rings.